The topological polar surface area (TPSA) is 21.3 Å². The molecule has 0 aromatic rings. The Bertz CT molecular complexity index is 221. The molecule has 2 rings (SSSR count). The molecule has 2 aliphatic rings. The molecule has 2 heteroatoms. The quantitative estimate of drug-likeness (QED) is 0.675. The maximum absolute atomic E-state index is 5.79. The van der Waals surface area contributed by atoms with E-state index in [-0.39, 0.29) is 0 Å². The van der Waals surface area contributed by atoms with Gasteiger partial charge in [0, 0.05) is 13.2 Å². The van der Waals surface area contributed by atoms with E-state index >= 15 is 0 Å². The highest BCUT2D eigenvalue weighted by molar-refractivity contribution is 4.90. The van der Waals surface area contributed by atoms with Crippen molar-refractivity contribution in [2.24, 2.45) is 11.8 Å². The lowest BCUT2D eigenvalue weighted by atomic mass is 9.94. The average Bonchev–Trinajstić information content (AvgIpc) is 3.08. The summed E-state index contributed by atoms with van der Waals surface area (Å²) < 4.78 is 5.79. The highest BCUT2D eigenvalue weighted by atomic mass is 16.5. The minimum absolute atomic E-state index is 0.470. The van der Waals surface area contributed by atoms with E-state index in [9.17, 15) is 0 Å². The van der Waals surface area contributed by atoms with Crippen molar-refractivity contribution >= 4 is 0 Å². The molecule has 2 saturated carbocycles. The Morgan fingerprint density at radius 3 is 2.44 bits per heavy atom. The van der Waals surface area contributed by atoms with Gasteiger partial charge in [-0.1, -0.05) is 32.6 Å². The molecule has 0 aliphatic heterocycles. The molecule has 2 unspecified atom stereocenters. The Morgan fingerprint density at radius 2 is 1.89 bits per heavy atom. The summed E-state index contributed by atoms with van der Waals surface area (Å²) in [7, 11) is 1.90. The lowest BCUT2D eigenvalue weighted by Crippen LogP contribution is -2.42. The molecular formula is C16H31NO. The summed E-state index contributed by atoms with van der Waals surface area (Å²) in [4.78, 5) is 0. The predicted octanol–water partition coefficient (Wildman–Crippen LogP) is 3.75. The first-order valence-corrected chi connectivity index (χ1v) is 8.11. The third kappa shape index (κ3) is 4.24. The molecule has 0 saturated heterocycles. The number of hydrogen-bond acceptors (Lipinski definition) is 2. The lowest BCUT2D eigenvalue weighted by molar-refractivity contribution is 0.0464. The predicted molar refractivity (Wildman–Crippen MR) is 76.8 cm³/mol. The third-order valence-electron chi connectivity index (χ3n) is 4.77. The summed E-state index contributed by atoms with van der Waals surface area (Å²) in [5.41, 5.74) is 0. The van der Waals surface area contributed by atoms with Crippen molar-refractivity contribution in [1.82, 2.24) is 5.32 Å². The number of ether oxygens (including phenoxy) is 1. The molecule has 18 heavy (non-hydrogen) atoms. The zero-order valence-electron chi connectivity index (χ0n) is 12.3. The molecule has 0 amide bonds. The van der Waals surface area contributed by atoms with E-state index in [1.165, 1.54) is 57.8 Å². The van der Waals surface area contributed by atoms with Crippen LogP contribution in [0, 0.1) is 11.8 Å². The number of rotatable bonds is 9. The molecule has 0 spiro atoms. The first-order valence-electron chi connectivity index (χ1n) is 8.11. The largest absolute Gasteiger partial charge is 0.380 e. The van der Waals surface area contributed by atoms with Gasteiger partial charge in [-0.3, -0.25) is 0 Å². The maximum Gasteiger partial charge on any atom is 0.0752 e. The van der Waals surface area contributed by atoms with Gasteiger partial charge in [-0.2, -0.15) is 0 Å². The SMILES string of the molecule is CCCNC(CCC1CCCC1)C(OC)C1CC1. The summed E-state index contributed by atoms with van der Waals surface area (Å²) in [6.45, 7) is 3.39. The normalized spacial score (nSPS) is 24.3. The van der Waals surface area contributed by atoms with Gasteiger partial charge in [-0.25, -0.2) is 0 Å². The molecule has 106 valence electrons. The summed E-state index contributed by atoms with van der Waals surface area (Å²) >= 11 is 0. The second-order valence-electron chi connectivity index (χ2n) is 6.33. The molecule has 1 N–H and O–H groups in total. The summed E-state index contributed by atoms with van der Waals surface area (Å²) in [6.07, 6.45) is 13.1. The molecule has 2 aliphatic carbocycles. The Morgan fingerprint density at radius 1 is 1.17 bits per heavy atom. The Kier molecular flexibility index (Phi) is 5.97. The van der Waals surface area contributed by atoms with E-state index in [2.05, 4.69) is 12.2 Å². The fourth-order valence-corrected chi connectivity index (χ4v) is 3.54. The van der Waals surface area contributed by atoms with Crippen LogP contribution in [0.1, 0.15) is 64.7 Å². The lowest BCUT2D eigenvalue weighted by Gasteiger charge is -2.28. The van der Waals surface area contributed by atoms with Gasteiger partial charge in [-0.15, -0.1) is 0 Å². The first-order chi connectivity index (χ1) is 8.85. The van der Waals surface area contributed by atoms with Crippen LogP contribution < -0.4 is 5.32 Å². The van der Waals surface area contributed by atoms with Gasteiger partial charge in [0.25, 0.3) is 0 Å². The fourth-order valence-electron chi connectivity index (χ4n) is 3.54. The first kappa shape index (κ1) is 14.3. The maximum atomic E-state index is 5.79. The van der Waals surface area contributed by atoms with E-state index in [0.717, 1.165) is 18.4 Å². The second-order valence-corrected chi connectivity index (χ2v) is 6.33. The van der Waals surface area contributed by atoms with Crippen LogP contribution in [0.25, 0.3) is 0 Å². The summed E-state index contributed by atoms with van der Waals surface area (Å²) in [6, 6.07) is 0.600. The van der Waals surface area contributed by atoms with E-state index in [4.69, 9.17) is 4.74 Å². The molecule has 0 aromatic heterocycles. The summed E-state index contributed by atoms with van der Waals surface area (Å²) in [5.74, 6) is 1.85. The van der Waals surface area contributed by atoms with Crippen LogP contribution in [-0.2, 0) is 4.74 Å². The van der Waals surface area contributed by atoms with E-state index in [0.29, 0.717) is 12.1 Å². The minimum Gasteiger partial charge on any atom is -0.380 e. The average molecular weight is 253 g/mol. The van der Waals surface area contributed by atoms with Gasteiger partial charge < -0.3 is 10.1 Å². The van der Waals surface area contributed by atoms with Gasteiger partial charge in [0.15, 0.2) is 0 Å². The molecule has 0 radical (unpaired) electrons. The Balaban J connectivity index is 1.78. The van der Waals surface area contributed by atoms with E-state index in [1.54, 1.807) is 0 Å². The fraction of sp³-hybridized carbons (Fsp3) is 1.00. The van der Waals surface area contributed by atoms with Crippen LogP contribution in [-0.4, -0.2) is 25.8 Å². The van der Waals surface area contributed by atoms with Crippen LogP contribution in [0.15, 0.2) is 0 Å². The van der Waals surface area contributed by atoms with Gasteiger partial charge in [0.2, 0.25) is 0 Å². The zero-order chi connectivity index (χ0) is 12.8. The van der Waals surface area contributed by atoms with Gasteiger partial charge in [-0.05, 0) is 50.5 Å². The number of hydrogen-bond donors (Lipinski definition) is 1. The van der Waals surface area contributed by atoms with Crippen molar-refractivity contribution in [2.75, 3.05) is 13.7 Å². The number of methoxy groups -OCH3 is 1. The highest BCUT2D eigenvalue weighted by Gasteiger charge is 2.36. The molecule has 0 bridgehead atoms. The second kappa shape index (κ2) is 7.49. The molecule has 0 heterocycles. The monoisotopic (exact) mass is 253 g/mol. The van der Waals surface area contributed by atoms with Crippen molar-refractivity contribution in [1.29, 1.82) is 0 Å². The van der Waals surface area contributed by atoms with Crippen molar-refractivity contribution in [3.63, 3.8) is 0 Å². The van der Waals surface area contributed by atoms with Crippen molar-refractivity contribution < 1.29 is 4.74 Å². The highest BCUT2D eigenvalue weighted by Crippen LogP contribution is 2.37. The Hall–Kier alpha value is -0.0800. The van der Waals surface area contributed by atoms with Crippen molar-refractivity contribution in [2.45, 2.75) is 76.9 Å². The van der Waals surface area contributed by atoms with E-state index < -0.39 is 0 Å². The van der Waals surface area contributed by atoms with Crippen LogP contribution >= 0.6 is 0 Å². The molecular weight excluding hydrogens is 222 g/mol. The molecule has 2 atom stereocenters. The third-order valence-corrected chi connectivity index (χ3v) is 4.77. The smallest absolute Gasteiger partial charge is 0.0752 e. The van der Waals surface area contributed by atoms with Gasteiger partial charge >= 0.3 is 0 Å². The van der Waals surface area contributed by atoms with Gasteiger partial charge in [0.1, 0.15) is 0 Å². The standard InChI is InChI=1S/C16H31NO/c1-3-12-17-15(16(18-2)14-9-10-14)11-8-13-6-4-5-7-13/h13-17H,3-12H2,1-2H3. The van der Waals surface area contributed by atoms with Crippen LogP contribution in [0.3, 0.4) is 0 Å². The molecule has 0 aromatic carbocycles. The van der Waals surface area contributed by atoms with Crippen molar-refractivity contribution in [3.8, 4) is 0 Å². The van der Waals surface area contributed by atoms with E-state index in [1.807, 2.05) is 7.11 Å². The van der Waals surface area contributed by atoms with Gasteiger partial charge in [0.05, 0.1) is 6.10 Å². The Labute approximate surface area is 113 Å². The number of nitrogens with one attached hydrogen (secondary N) is 1. The van der Waals surface area contributed by atoms with Crippen molar-refractivity contribution in [3.05, 3.63) is 0 Å². The van der Waals surface area contributed by atoms with Crippen LogP contribution in [0.2, 0.25) is 0 Å². The van der Waals surface area contributed by atoms with Crippen LogP contribution in [0.5, 0.6) is 0 Å². The molecule has 2 fully saturated rings. The van der Waals surface area contributed by atoms with Crippen LogP contribution in [0.4, 0.5) is 0 Å². The molecule has 2 nitrogen and oxygen atoms in total. The zero-order valence-corrected chi connectivity index (χ0v) is 12.3. The summed E-state index contributed by atoms with van der Waals surface area (Å²) in [5, 5.41) is 3.74. The minimum atomic E-state index is 0.470.